The second kappa shape index (κ2) is 8.50. The molecule has 2 N–H and O–H groups in total. The third-order valence-corrected chi connectivity index (χ3v) is 7.35. The van der Waals surface area contributed by atoms with Gasteiger partial charge in [0.05, 0.1) is 18.1 Å². The summed E-state index contributed by atoms with van der Waals surface area (Å²) in [6, 6.07) is 0. The maximum absolute atomic E-state index is 13.1. The first-order valence-corrected chi connectivity index (χ1v) is 11.9. The molecule has 2 aromatic heterocycles. The van der Waals surface area contributed by atoms with Gasteiger partial charge in [0.2, 0.25) is 0 Å². The van der Waals surface area contributed by atoms with Crippen LogP contribution in [0.1, 0.15) is 84.4 Å². The normalized spacial score (nSPS) is 26.0. The monoisotopic (exact) mass is 446 g/mol. The lowest BCUT2D eigenvalue weighted by Crippen LogP contribution is -2.51. The van der Waals surface area contributed by atoms with E-state index in [1.165, 1.54) is 4.57 Å². The number of rotatable bonds is 9. The quantitative estimate of drug-likeness (QED) is 0.611. The van der Waals surface area contributed by atoms with Crippen LogP contribution in [-0.4, -0.2) is 41.9 Å². The summed E-state index contributed by atoms with van der Waals surface area (Å²) in [5.74, 6) is -0.0426. The van der Waals surface area contributed by atoms with E-state index in [0.29, 0.717) is 30.7 Å². The number of fused-ring (bicyclic) bond motifs is 4. The van der Waals surface area contributed by atoms with E-state index in [1.807, 2.05) is 20.8 Å². The van der Waals surface area contributed by atoms with E-state index < -0.39 is 5.97 Å². The van der Waals surface area contributed by atoms with Crippen molar-refractivity contribution >= 4 is 17.1 Å². The van der Waals surface area contributed by atoms with Crippen LogP contribution in [0.3, 0.4) is 0 Å². The van der Waals surface area contributed by atoms with Gasteiger partial charge >= 0.3 is 11.7 Å². The van der Waals surface area contributed by atoms with E-state index in [4.69, 9.17) is 14.8 Å². The topological polar surface area (TPSA) is 119 Å². The van der Waals surface area contributed by atoms with Crippen molar-refractivity contribution in [3.63, 3.8) is 0 Å². The van der Waals surface area contributed by atoms with Gasteiger partial charge in [-0.15, -0.1) is 0 Å². The number of aromatic amines is 1. The number of carboxylic acids is 1. The lowest BCUT2D eigenvalue weighted by atomic mass is 9.58. The number of aryl methyl sites for hydroxylation is 1. The molecule has 9 nitrogen and oxygen atoms in total. The molecule has 3 saturated carbocycles. The fraction of sp³-hybridized carbons (Fsp3) is 0.739. The molecular formula is C23H34N4O5. The highest BCUT2D eigenvalue weighted by Crippen LogP contribution is 2.54. The Morgan fingerprint density at radius 3 is 2.25 bits per heavy atom. The van der Waals surface area contributed by atoms with E-state index in [0.717, 1.165) is 50.8 Å². The Kier molecular flexibility index (Phi) is 6.04. The summed E-state index contributed by atoms with van der Waals surface area (Å²) in [6.07, 6.45) is 6.32. The van der Waals surface area contributed by atoms with Crippen LogP contribution in [0.5, 0.6) is 0 Å². The number of hydrogen-bond acceptors (Lipinski definition) is 5. The van der Waals surface area contributed by atoms with Crippen LogP contribution < -0.4 is 11.2 Å². The number of carbonyl (C=O) groups is 1. The lowest BCUT2D eigenvalue weighted by Gasteiger charge is -2.53. The number of carboxylic acid groups (broad SMARTS) is 1. The highest BCUT2D eigenvalue weighted by molar-refractivity contribution is 5.70. The van der Waals surface area contributed by atoms with Crippen molar-refractivity contribution in [2.24, 2.45) is 0 Å². The SMILES string of the molecule is CCCn1c(=O)c2[nH]c(C34CCC(OC(C)CC(=O)O)(CC3)CC4)nc2n(CCC)c1=O. The molecule has 32 heavy (non-hydrogen) atoms. The average Bonchev–Trinajstić information content (AvgIpc) is 3.21. The van der Waals surface area contributed by atoms with Crippen LogP contribution in [0.2, 0.25) is 0 Å². The zero-order chi connectivity index (χ0) is 23.1. The van der Waals surface area contributed by atoms with Gasteiger partial charge in [0.1, 0.15) is 11.3 Å². The fourth-order valence-electron chi connectivity index (χ4n) is 5.66. The van der Waals surface area contributed by atoms with Gasteiger partial charge in [-0.2, -0.15) is 0 Å². The van der Waals surface area contributed by atoms with Crippen molar-refractivity contribution in [1.29, 1.82) is 0 Å². The van der Waals surface area contributed by atoms with Gasteiger partial charge in [0.15, 0.2) is 5.65 Å². The van der Waals surface area contributed by atoms with Gasteiger partial charge in [-0.3, -0.25) is 18.7 Å². The molecular weight excluding hydrogens is 412 g/mol. The number of imidazole rings is 1. The van der Waals surface area contributed by atoms with Crippen molar-refractivity contribution in [1.82, 2.24) is 19.1 Å². The first kappa shape index (κ1) is 22.8. The van der Waals surface area contributed by atoms with E-state index >= 15 is 0 Å². The number of ether oxygens (including phenoxy) is 1. The first-order valence-electron chi connectivity index (χ1n) is 11.9. The van der Waals surface area contributed by atoms with Gasteiger partial charge in [-0.1, -0.05) is 13.8 Å². The summed E-state index contributed by atoms with van der Waals surface area (Å²) in [6.45, 7) is 6.70. The highest BCUT2D eigenvalue weighted by atomic mass is 16.5. The minimum atomic E-state index is -0.844. The number of nitrogens with zero attached hydrogens (tertiary/aromatic N) is 3. The molecule has 9 heteroatoms. The molecule has 2 aromatic rings. The molecule has 1 atom stereocenters. The largest absolute Gasteiger partial charge is 0.481 e. The van der Waals surface area contributed by atoms with Crippen LogP contribution in [0.4, 0.5) is 0 Å². The first-order chi connectivity index (χ1) is 15.2. The summed E-state index contributed by atoms with van der Waals surface area (Å²) in [4.78, 5) is 45.2. The standard InChI is InChI=1S/C23H34N4O5/c1-4-12-26-18-17(19(30)27(13-5-2)21(26)31)24-20(25-18)22-6-9-23(10-7-22,11-8-22)32-15(3)14-16(28)29/h15H,4-14H2,1-3H3,(H,24,25)(H,28,29). The van der Waals surface area contributed by atoms with E-state index in [2.05, 4.69) is 4.98 Å². The molecule has 0 saturated heterocycles. The second-order valence-corrected chi connectivity index (χ2v) is 9.66. The van der Waals surface area contributed by atoms with Crippen LogP contribution in [-0.2, 0) is 28.0 Å². The zero-order valence-electron chi connectivity index (χ0n) is 19.3. The number of hydrogen-bond donors (Lipinski definition) is 2. The molecule has 0 amide bonds. The molecule has 2 heterocycles. The Morgan fingerprint density at radius 2 is 1.69 bits per heavy atom. The molecule has 0 spiro atoms. The Bertz CT molecular complexity index is 1100. The smallest absolute Gasteiger partial charge is 0.332 e. The van der Waals surface area contributed by atoms with Crippen molar-refractivity contribution in [2.45, 2.75) is 109 Å². The Hall–Kier alpha value is -2.42. The number of aliphatic carboxylic acids is 1. The molecule has 176 valence electrons. The van der Waals surface area contributed by atoms with Crippen molar-refractivity contribution in [2.75, 3.05) is 0 Å². The van der Waals surface area contributed by atoms with E-state index in [9.17, 15) is 14.4 Å². The third-order valence-electron chi connectivity index (χ3n) is 7.35. The van der Waals surface area contributed by atoms with Crippen LogP contribution >= 0.6 is 0 Å². The summed E-state index contributed by atoms with van der Waals surface area (Å²) in [7, 11) is 0. The Labute approximate surface area is 186 Å². The van der Waals surface area contributed by atoms with Crippen LogP contribution in [0.15, 0.2) is 9.59 Å². The molecule has 0 radical (unpaired) electrons. The molecule has 3 fully saturated rings. The number of nitrogens with one attached hydrogen (secondary N) is 1. The minimum absolute atomic E-state index is 0.00939. The summed E-state index contributed by atoms with van der Waals surface area (Å²) in [5, 5.41) is 9.05. The molecule has 3 aliphatic rings. The lowest BCUT2D eigenvalue weighted by molar-refractivity contribution is -0.161. The highest BCUT2D eigenvalue weighted by Gasteiger charge is 2.52. The van der Waals surface area contributed by atoms with Crippen molar-refractivity contribution in [3.8, 4) is 0 Å². The van der Waals surface area contributed by atoms with Gasteiger partial charge in [0, 0.05) is 18.5 Å². The molecule has 3 aliphatic carbocycles. The number of H-pyrrole nitrogens is 1. The zero-order valence-corrected chi connectivity index (χ0v) is 19.3. The molecule has 0 aliphatic heterocycles. The predicted octanol–water partition coefficient (Wildman–Crippen LogP) is 2.93. The van der Waals surface area contributed by atoms with Gasteiger partial charge < -0.3 is 14.8 Å². The van der Waals surface area contributed by atoms with Crippen LogP contribution in [0.25, 0.3) is 11.2 Å². The Morgan fingerprint density at radius 1 is 1.09 bits per heavy atom. The maximum atomic E-state index is 13.1. The maximum Gasteiger partial charge on any atom is 0.332 e. The fourth-order valence-corrected chi connectivity index (χ4v) is 5.66. The van der Waals surface area contributed by atoms with Gasteiger partial charge in [-0.25, -0.2) is 9.78 Å². The summed E-state index contributed by atoms with van der Waals surface area (Å²) in [5.41, 5.74) is -0.109. The van der Waals surface area contributed by atoms with Gasteiger partial charge in [-0.05, 0) is 58.3 Å². The molecule has 2 bridgehead atoms. The van der Waals surface area contributed by atoms with Gasteiger partial charge in [0.25, 0.3) is 5.56 Å². The molecule has 0 aromatic carbocycles. The number of aromatic nitrogens is 4. The van der Waals surface area contributed by atoms with E-state index in [1.54, 1.807) is 4.57 Å². The van der Waals surface area contributed by atoms with Crippen molar-refractivity contribution in [3.05, 3.63) is 26.7 Å². The van der Waals surface area contributed by atoms with Crippen LogP contribution in [0, 0.1) is 0 Å². The second-order valence-electron chi connectivity index (χ2n) is 9.66. The molecule has 5 rings (SSSR count). The summed E-state index contributed by atoms with van der Waals surface area (Å²) >= 11 is 0. The summed E-state index contributed by atoms with van der Waals surface area (Å²) < 4.78 is 9.19. The average molecular weight is 447 g/mol. The van der Waals surface area contributed by atoms with E-state index in [-0.39, 0.29) is 34.8 Å². The van der Waals surface area contributed by atoms with Crippen molar-refractivity contribution < 1.29 is 14.6 Å². The minimum Gasteiger partial charge on any atom is -0.481 e. The third kappa shape index (κ3) is 3.80. The molecule has 1 unspecified atom stereocenters. The Balaban J connectivity index is 1.66. The predicted molar refractivity (Wildman–Crippen MR) is 120 cm³/mol.